The van der Waals surface area contributed by atoms with E-state index in [1.165, 1.54) is 7.11 Å². The van der Waals surface area contributed by atoms with Crippen LogP contribution in [0.25, 0.3) is 5.57 Å². The summed E-state index contributed by atoms with van der Waals surface area (Å²) in [5.74, 6) is -0.807. The molecule has 0 amide bonds. The lowest BCUT2D eigenvalue weighted by atomic mass is 9.78. The number of ether oxygens (including phenoxy) is 1. The van der Waals surface area contributed by atoms with Gasteiger partial charge in [0.2, 0.25) is 0 Å². The number of benzene rings is 2. The van der Waals surface area contributed by atoms with Crippen LogP contribution in [0.1, 0.15) is 38.2 Å². The van der Waals surface area contributed by atoms with E-state index >= 15 is 0 Å². The van der Waals surface area contributed by atoms with Crippen molar-refractivity contribution >= 4 is 17.3 Å². The summed E-state index contributed by atoms with van der Waals surface area (Å²) in [5.41, 5.74) is 4.41. The van der Waals surface area contributed by atoms with E-state index in [9.17, 15) is 14.9 Å². The van der Waals surface area contributed by atoms with Crippen LogP contribution in [-0.4, -0.2) is 18.9 Å². The summed E-state index contributed by atoms with van der Waals surface area (Å²) < 4.78 is 4.76. The molecule has 0 radical (unpaired) electrons. The standard InChI is InChI=1S/C20H15NO3/c1-11-4-6-13-15(8-11)19(22)16-9-12(2)5-7-14(16)18(13)17(10-21)20(23)24-3/h4-9H,1-3H3. The summed E-state index contributed by atoms with van der Waals surface area (Å²) in [6.45, 7) is 3.79. The van der Waals surface area contributed by atoms with Gasteiger partial charge in [-0.25, -0.2) is 4.79 Å². The molecule has 4 heteroatoms. The van der Waals surface area contributed by atoms with Crippen LogP contribution < -0.4 is 0 Å². The van der Waals surface area contributed by atoms with E-state index < -0.39 is 5.97 Å². The second kappa shape index (κ2) is 5.78. The third-order valence-corrected chi connectivity index (χ3v) is 4.13. The molecule has 4 nitrogen and oxygen atoms in total. The number of fused-ring (bicyclic) bond motifs is 2. The minimum absolute atomic E-state index is 0.0970. The van der Waals surface area contributed by atoms with Gasteiger partial charge in [-0.05, 0) is 37.1 Å². The topological polar surface area (TPSA) is 67.2 Å². The zero-order chi connectivity index (χ0) is 17.4. The summed E-state index contributed by atoms with van der Waals surface area (Å²) in [7, 11) is 1.24. The molecule has 0 bridgehead atoms. The average Bonchev–Trinajstić information content (AvgIpc) is 2.58. The third-order valence-electron chi connectivity index (χ3n) is 4.13. The van der Waals surface area contributed by atoms with E-state index in [2.05, 4.69) is 0 Å². The molecular formula is C20H15NO3. The number of aryl methyl sites for hydroxylation is 2. The summed E-state index contributed by atoms with van der Waals surface area (Å²) in [6, 6.07) is 12.8. The van der Waals surface area contributed by atoms with Crippen LogP contribution in [0.2, 0.25) is 0 Å². The second-order valence-electron chi connectivity index (χ2n) is 5.78. The summed E-state index contributed by atoms with van der Waals surface area (Å²) in [5, 5.41) is 9.51. The summed E-state index contributed by atoms with van der Waals surface area (Å²) in [6.07, 6.45) is 0. The molecule has 0 saturated carbocycles. The van der Waals surface area contributed by atoms with E-state index in [1.807, 2.05) is 32.0 Å². The lowest BCUT2D eigenvalue weighted by Crippen LogP contribution is -2.18. The molecule has 0 N–H and O–H groups in total. The molecule has 2 aromatic carbocycles. The highest BCUT2D eigenvalue weighted by Crippen LogP contribution is 2.38. The predicted molar refractivity (Wildman–Crippen MR) is 89.4 cm³/mol. The van der Waals surface area contributed by atoms with Crippen molar-refractivity contribution < 1.29 is 14.3 Å². The Morgan fingerprint density at radius 1 is 0.958 bits per heavy atom. The molecule has 24 heavy (non-hydrogen) atoms. The number of methoxy groups -OCH3 is 1. The molecule has 0 fully saturated rings. The van der Waals surface area contributed by atoms with Crippen molar-refractivity contribution in [2.45, 2.75) is 13.8 Å². The van der Waals surface area contributed by atoms with Crippen LogP contribution in [0.15, 0.2) is 42.0 Å². The zero-order valence-electron chi connectivity index (χ0n) is 13.6. The number of hydrogen-bond acceptors (Lipinski definition) is 4. The monoisotopic (exact) mass is 317 g/mol. The molecule has 0 heterocycles. The molecule has 3 rings (SSSR count). The predicted octanol–water partition coefficient (Wildman–Crippen LogP) is 3.35. The lowest BCUT2D eigenvalue weighted by Gasteiger charge is -2.23. The van der Waals surface area contributed by atoms with Crippen molar-refractivity contribution in [3.63, 3.8) is 0 Å². The van der Waals surface area contributed by atoms with Crippen LogP contribution >= 0.6 is 0 Å². The Hall–Kier alpha value is -3.19. The highest BCUT2D eigenvalue weighted by atomic mass is 16.5. The fourth-order valence-corrected chi connectivity index (χ4v) is 2.99. The Morgan fingerprint density at radius 3 is 1.88 bits per heavy atom. The highest BCUT2D eigenvalue weighted by molar-refractivity contribution is 6.21. The number of rotatable bonds is 1. The molecule has 0 spiro atoms. The Bertz CT molecular complexity index is 904. The Labute approximate surface area is 140 Å². The van der Waals surface area contributed by atoms with Crippen molar-refractivity contribution in [2.24, 2.45) is 0 Å². The van der Waals surface area contributed by atoms with Crippen molar-refractivity contribution in [2.75, 3.05) is 7.11 Å². The summed E-state index contributed by atoms with van der Waals surface area (Å²) in [4.78, 5) is 25.0. The fraction of sp³-hybridized carbons (Fsp3) is 0.150. The molecule has 2 aromatic rings. The van der Waals surface area contributed by atoms with Gasteiger partial charge in [0.05, 0.1) is 7.11 Å². The highest BCUT2D eigenvalue weighted by Gasteiger charge is 2.31. The minimum Gasteiger partial charge on any atom is -0.465 e. The first-order chi connectivity index (χ1) is 11.5. The minimum atomic E-state index is -0.708. The largest absolute Gasteiger partial charge is 0.465 e. The molecule has 0 atom stereocenters. The first-order valence-corrected chi connectivity index (χ1v) is 7.47. The summed E-state index contributed by atoms with van der Waals surface area (Å²) >= 11 is 0. The maximum absolute atomic E-state index is 12.9. The van der Waals surface area contributed by atoms with Crippen molar-refractivity contribution in [3.05, 3.63) is 75.4 Å². The maximum atomic E-state index is 12.9. The molecular weight excluding hydrogens is 302 g/mol. The van der Waals surface area contributed by atoms with Gasteiger partial charge in [-0.15, -0.1) is 0 Å². The number of carbonyl (C=O) groups excluding carboxylic acids is 2. The normalized spacial score (nSPS) is 12.1. The molecule has 0 aliphatic heterocycles. The van der Waals surface area contributed by atoms with Crippen LogP contribution in [0.4, 0.5) is 0 Å². The van der Waals surface area contributed by atoms with E-state index in [-0.39, 0.29) is 11.4 Å². The average molecular weight is 317 g/mol. The first-order valence-electron chi connectivity index (χ1n) is 7.47. The molecule has 1 aliphatic carbocycles. The van der Waals surface area contributed by atoms with Gasteiger partial charge in [0.1, 0.15) is 11.6 Å². The fourth-order valence-electron chi connectivity index (χ4n) is 2.99. The number of nitrogens with zero attached hydrogens (tertiary/aromatic N) is 1. The van der Waals surface area contributed by atoms with Gasteiger partial charge in [-0.3, -0.25) is 4.79 Å². The molecule has 118 valence electrons. The number of ketones is 1. The molecule has 0 aromatic heterocycles. The Balaban J connectivity index is 2.46. The van der Waals surface area contributed by atoms with Crippen molar-refractivity contribution in [1.29, 1.82) is 5.26 Å². The Morgan fingerprint density at radius 2 is 1.46 bits per heavy atom. The molecule has 0 unspecified atom stereocenters. The zero-order valence-corrected chi connectivity index (χ0v) is 13.6. The van der Waals surface area contributed by atoms with Crippen molar-refractivity contribution in [1.82, 2.24) is 0 Å². The van der Waals surface area contributed by atoms with Gasteiger partial charge in [0.25, 0.3) is 0 Å². The van der Waals surface area contributed by atoms with Gasteiger partial charge in [0.15, 0.2) is 5.78 Å². The third kappa shape index (κ3) is 2.31. The van der Waals surface area contributed by atoms with Gasteiger partial charge in [0, 0.05) is 16.7 Å². The maximum Gasteiger partial charge on any atom is 0.349 e. The molecule has 0 saturated heterocycles. The van der Waals surface area contributed by atoms with Crippen LogP contribution in [0.3, 0.4) is 0 Å². The van der Waals surface area contributed by atoms with E-state index in [1.54, 1.807) is 24.3 Å². The van der Waals surface area contributed by atoms with Gasteiger partial charge in [-0.2, -0.15) is 5.26 Å². The molecule has 1 aliphatic rings. The SMILES string of the molecule is COC(=O)C(C#N)=C1c2ccc(C)cc2C(=O)c2cc(C)ccc21. The second-order valence-corrected chi connectivity index (χ2v) is 5.78. The van der Waals surface area contributed by atoms with Gasteiger partial charge in [-0.1, -0.05) is 35.4 Å². The number of esters is 1. The van der Waals surface area contributed by atoms with Crippen LogP contribution in [0, 0.1) is 25.2 Å². The number of hydrogen-bond donors (Lipinski definition) is 0. The van der Waals surface area contributed by atoms with E-state index in [4.69, 9.17) is 4.74 Å². The number of carbonyl (C=O) groups is 2. The first kappa shape index (κ1) is 15.7. The lowest BCUT2D eigenvalue weighted by molar-refractivity contribution is -0.135. The number of nitriles is 1. The van der Waals surface area contributed by atoms with Crippen LogP contribution in [-0.2, 0) is 9.53 Å². The quantitative estimate of drug-likeness (QED) is 0.392. The van der Waals surface area contributed by atoms with Gasteiger partial charge >= 0.3 is 5.97 Å². The van der Waals surface area contributed by atoms with Crippen molar-refractivity contribution in [3.8, 4) is 6.07 Å². The van der Waals surface area contributed by atoms with Gasteiger partial charge < -0.3 is 4.74 Å². The Kier molecular flexibility index (Phi) is 3.78. The van der Waals surface area contributed by atoms with E-state index in [0.717, 1.165) is 11.1 Å². The smallest absolute Gasteiger partial charge is 0.349 e. The van der Waals surface area contributed by atoms with Crippen LogP contribution in [0.5, 0.6) is 0 Å². The van der Waals surface area contributed by atoms with E-state index in [0.29, 0.717) is 27.8 Å².